The van der Waals surface area contributed by atoms with E-state index in [1.54, 1.807) is 18.4 Å². The Balaban J connectivity index is 1.89. The SMILES string of the molecule is COc1nc2ccc([P+](c3ccccc3)(c3ccccc3)c3ccccc3)cc2s1. The zero-order chi connectivity index (χ0) is 20.4. The monoisotopic (exact) mass is 426 g/mol. The summed E-state index contributed by atoms with van der Waals surface area (Å²) in [4.78, 5) is 4.58. The second-order valence-corrected chi connectivity index (χ2v) is 11.4. The van der Waals surface area contributed by atoms with Crippen LogP contribution in [-0.2, 0) is 0 Å². The molecule has 1 aromatic heterocycles. The first-order valence-electron chi connectivity index (χ1n) is 9.83. The highest BCUT2D eigenvalue weighted by Crippen LogP contribution is 2.54. The molecule has 2 nitrogen and oxygen atoms in total. The average molecular weight is 427 g/mol. The van der Waals surface area contributed by atoms with E-state index in [9.17, 15) is 0 Å². The van der Waals surface area contributed by atoms with Crippen LogP contribution < -0.4 is 26.0 Å². The first kappa shape index (κ1) is 19.0. The molecule has 5 rings (SSSR count). The van der Waals surface area contributed by atoms with Gasteiger partial charge in [-0.1, -0.05) is 65.9 Å². The van der Waals surface area contributed by atoms with Gasteiger partial charge in [0.05, 0.1) is 17.3 Å². The van der Waals surface area contributed by atoms with Crippen molar-refractivity contribution in [2.75, 3.05) is 7.11 Å². The minimum Gasteiger partial charge on any atom is -0.473 e. The number of ether oxygens (including phenoxy) is 1. The minimum absolute atomic E-state index is 0.699. The van der Waals surface area contributed by atoms with Crippen molar-refractivity contribution in [3.8, 4) is 5.19 Å². The molecule has 0 aliphatic heterocycles. The molecule has 0 radical (unpaired) electrons. The number of hydrogen-bond donors (Lipinski definition) is 0. The van der Waals surface area contributed by atoms with Gasteiger partial charge in [-0.3, -0.25) is 0 Å². The van der Waals surface area contributed by atoms with Crippen molar-refractivity contribution in [1.29, 1.82) is 0 Å². The molecule has 0 spiro atoms. The smallest absolute Gasteiger partial charge is 0.274 e. The third kappa shape index (κ3) is 3.11. The van der Waals surface area contributed by atoms with E-state index in [-0.39, 0.29) is 0 Å². The molecule has 0 aliphatic rings. The van der Waals surface area contributed by atoms with Gasteiger partial charge in [-0.2, -0.15) is 0 Å². The Bertz CT molecular complexity index is 1170. The van der Waals surface area contributed by atoms with Gasteiger partial charge in [-0.15, -0.1) is 0 Å². The standard InChI is InChI=1S/C26H21NOPS/c1-28-26-27-24-18-17-23(19-25(24)30-26)29(20-11-5-2-6-12-20,21-13-7-3-8-14-21)22-15-9-4-10-16-22/h2-19H,1H3/q+1. The maximum Gasteiger partial charge on any atom is 0.274 e. The van der Waals surface area contributed by atoms with Gasteiger partial charge in [0.1, 0.15) is 28.5 Å². The fourth-order valence-electron chi connectivity index (χ4n) is 4.04. The summed E-state index contributed by atoms with van der Waals surface area (Å²) in [6.07, 6.45) is 0. The average Bonchev–Trinajstić information content (AvgIpc) is 3.25. The van der Waals surface area contributed by atoms with Crippen LogP contribution in [0.15, 0.2) is 109 Å². The lowest BCUT2D eigenvalue weighted by molar-refractivity contribution is 0.413. The first-order chi connectivity index (χ1) is 14.8. The summed E-state index contributed by atoms with van der Waals surface area (Å²) in [7, 11) is -0.397. The van der Waals surface area contributed by atoms with E-state index in [1.807, 2.05) is 0 Å². The van der Waals surface area contributed by atoms with Crippen molar-refractivity contribution in [2.45, 2.75) is 0 Å². The summed E-state index contributed by atoms with van der Waals surface area (Å²) in [5, 5.41) is 6.06. The fraction of sp³-hybridized carbons (Fsp3) is 0.0385. The number of aromatic nitrogens is 1. The fourth-order valence-corrected chi connectivity index (χ4v) is 9.21. The Kier molecular flexibility index (Phi) is 5.08. The maximum atomic E-state index is 5.40. The van der Waals surface area contributed by atoms with E-state index in [0.717, 1.165) is 10.2 Å². The normalized spacial score (nSPS) is 11.5. The van der Waals surface area contributed by atoms with Crippen LogP contribution in [0.5, 0.6) is 5.19 Å². The van der Waals surface area contributed by atoms with Gasteiger partial charge in [0.25, 0.3) is 5.19 Å². The lowest BCUT2D eigenvalue weighted by Crippen LogP contribution is -2.38. The maximum absolute atomic E-state index is 5.40. The molecular formula is C26H21NOPS+. The first-order valence-corrected chi connectivity index (χ1v) is 12.4. The second kappa shape index (κ2) is 8.02. The molecule has 0 amide bonds. The van der Waals surface area contributed by atoms with Crippen LogP contribution in [0.4, 0.5) is 0 Å². The molecule has 0 fully saturated rings. The van der Waals surface area contributed by atoms with E-state index < -0.39 is 7.26 Å². The summed E-state index contributed by atoms with van der Waals surface area (Å²) in [5.74, 6) is 0. The third-order valence-corrected chi connectivity index (χ3v) is 10.6. The van der Waals surface area contributed by atoms with Crippen LogP contribution in [0.3, 0.4) is 0 Å². The van der Waals surface area contributed by atoms with Gasteiger partial charge in [-0.05, 0) is 48.5 Å². The van der Waals surface area contributed by atoms with Gasteiger partial charge in [0.2, 0.25) is 0 Å². The van der Waals surface area contributed by atoms with Gasteiger partial charge >= 0.3 is 0 Å². The Morgan fingerprint density at radius 2 is 1.13 bits per heavy atom. The van der Waals surface area contributed by atoms with Gasteiger partial charge in [0, 0.05) is 6.07 Å². The van der Waals surface area contributed by atoms with Crippen molar-refractivity contribution in [1.82, 2.24) is 4.98 Å². The van der Waals surface area contributed by atoms with Crippen molar-refractivity contribution in [3.63, 3.8) is 0 Å². The summed E-state index contributed by atoms with van der Waals surface area (Å²) in [5.41, 5.74) is 0.980. The van der Waals surface area contributed by atoms with Crippen LogP contribution in [0.2, 0.25) is 0 Å². The topological polar surface area (TPSA) is 22.1 Å². The molecule has 0 saturated carbocycles. The zero-order valence-electron chi connectivity index (χ0n) is 16.6. The third-order valence-electron chi connectivity index (χ3n) is 5.34. The van der Waals surface area contributed by atoms with Crippen molar-refractivity contribution in [3.05, 3.63) is 109 Å². The van der Waals surface area contributed by atoms with Crippen molar-refractivity contribution < 1.29 is 4.74 Å². The Morgan fingerprint density at radius 1 is 0.633 bits per heavy atom. The van der Waals surface area contributed by atoms with E-state index in [2.05, 4.69) is 114 Å². The number of benzene rings is 4. The highest BCUT2D eigenvalue weighted by Gasteiger charge is 2.47. The molecule has 146 valence electrons. The predicted octanol–water partition coefficient (Wildman–Crippen LogP) is 4.92. The van der Waals surface area contributed by atoms with Crippen molar-refractivity contribution >= 4 is 50.0 Å². The highest BCUT2D eigenvalue weighted by molar-refractivity contribution is 8.01. The second-order valence-electron chi connectivity index (χ2n) is 7.01. The summed E-state index contributed by atoms with van der Waals surface area (Å²) < 4.78 is 6.54. The lowest BCUT2D eigenvalue weighted by atomic mass is 10.3. The van der Waals surface area contributed by atoms with E-state index in [0.29, 0.717) is 5.19 Å². The van der Waals surface area contributed by atoms with E-state index >= 15 is 0 Å². The van der Waals surface area contributed by atoms with Gasteiger partial charge in [-0.25, -0.2) is 4.98 Å². The Labute approximate surface area is 181 Å². The highest BCUT2D eigenvalue weighted by atomic mass is 32.1. The minimum atomic E-state index is -2.07. The molecule has 4 aromatic carbocycles. The van der Waals surface area contributed by atoms with Crippen LogP contribution >= 0.6 is 18.6 Å². The summed E-state index contributed by atoms with van der Waals surface area (Å²) in [6, 6.07) is 39.4. The molecule has 0 atom stereocenters. The molecule has 0 saturated heterocycles. The number of fused-ring (bicyclic) bond motifs is 1. The van der Waals surface area contributed by atoms with E-state index in [4.69, 9.17) is 4.74 Å². The predicted molar refractivity (Wildman–Crippen MR) is 131 cm³/mol. The largest absolute Gasteiger partial charge is 0.473 e. The zero-order valence-corrected chi connectivity index (χ0v) is 18.3. The summed E-state index contributed by atoms with van der Waals surface area (Å²) >= 11 is 1.60. The molecule has 4 heteroatoms. The molecule has 0 bridgehead atoms. The molecule has 1 heterocycles. The molecule has 0 N–H and O–H groups in total. The van der Waals surface area contributed by atoms with Crippen LogP contribution in [0.25, 0.3) is 10.2 Å². The van der Waals surface area contributed by atoms with Crippen LogP contribution in [0.1, 0.15) is 0 Å². The molecule has 0 unspecified atom stereocenters. The summed E-state index contributed by atoms with van der Waals surface area (Å²) in [6.45, 7) is 0. The van der Waals surface area contributed by atoms with Crippen LogP contribution in [-0.4, -0.2) is 12.1 Å². The molecular weight excluding hydrogens is 405 g/mol. The van der Waals surface area contributed by atoms with Gasteiger partial charge < -0.3 is 4.74 Å². The quantitative estimate of drug-likeness (QED) is 0.372. The Hall–Kier alpha value is -3.00. The number of nitrogens with zero attached hydrogens (tertiary/aromatic N) is 1. The van der Waals surface area contributed by atoms with Crippen LogP contribution in [0, 0.1) is 0 Å². The van der Waals surface area contributed by atoms with Crippen molar-refractivity contribution in [2.24, 2.45) is 0 Å². The van der Waals surface area contributed by atoms with E-state index in [1.165, 1.54) is 21.2 Å². The number of thiazole rings is 1. The molecule has 30 heavy (non-hydrogen) atoms. The Morgan fingerprint density at radius 3 is 1.60 bits per heavy atom. The number of hydrogen-bond acceptors (Lipinski definition) is 3. The molecule has 0 aliphatic carbocycles. The molecule has 5 aromatic rings. The lowest BCUT2D eigenvalue weighted by Gasteiger charge is -2.27. The number of rotatable bonds is 5. The number of methoxy groups -OCH3 is 1. The van der Waals surface area contributed by atoms with Gasteiger partial charge in [0.15, 0.2) is 0 Å².